The van der Waals surface area contributed by atoms with E-state index in [4.69, 9.17) is 0 Å². The van der Waals surface area contributed by atoms with Gasteiger partial charge in [-0.2, -0.15) is 0 Å². The lowest BCUT2D eigenvalue weighted by atomic mass is 9.72. The van der Waals surface area contributed by atoms with Crippen LogP contribution in [-0.2, 0) is 6.42 Å². The highest BCUT2D eigenvalue weighted by Gasteiger charge is 2.28. The number of aromatic nitrogens is 1. The highest BCUT2D eigenvalue weighted by Crippen LogP contribution is 2.35. The second-order valence-electron chi connectivity index (χ2n) is 7.21. The predicted octanol–water partition coefficient (Wildman–Crippen LogP) is 4.68. The van der Waals surface area contributed by atoms with Gasteiger partial charge in [-0.1, -0.05) is 27.2 Å². The van der Waals surface area contributed by atoms with Gasteiger partial charge in [0.05, 0.1) is 0 Å². The Bertz CT molecular complexity index is 433. The van der Waals surface area contributed by atoms with E-state index >= 15 is 0 Å². The van der Waals surface area contributed by atoms with Gasteiger partial charge in [-0.15, -0.1) is 0 Å². The lowest BCUT2D eigenvalue weighted by Gasteiger charge is -2.35. The number of hydrogen-bond acceptors (Lipinski definition) is 2. The second-order valence-corrected chi connectivity index (χ2v) is 8.12. The maximum absolute atomic E-state index is 4.32. The van der Waals surface area contributed by atoms with Crippen molar-refractivity contribution in [2.24, 2.45) is 23.7 Å². The molecule has 0 amide bonds. The third kappa shape index (κ3) is 5.71. The van der Waals surface area contributed by atoms with E-state index in [9.17, 15) is 0 Å². The van der Waals surface area contributed by atoms with Gasteiger partial charge in [-0.3, -0.25) is 4.98 Å². The van der Waals surface area contributed by atoms with Gasteiger partial charge in [0, 0.05) is 16.9 Å². The van der Waals surface area contributed by atoms with Crippen molar-refractivity contribution in [3.8, 4) is 0 Å². The SMILES string of the molecule is CC(C)CNCC1CCC(C)CC1Cc1cncc(Br)c1. The van der Waals surface area contributed by atoms with Crippen molar-refractivity contribution in [3.63, 3.8) is 0 Å². The second kappa shape index (κ2) is 8.28. The van der Waals surface area contributed by atoms with Crippen LogP contribution in [0.4, 0.5) is 0 Å². The molecule has 118 valence electrons. The minimum Gasteiger partial charge on any atom is -0.316 e. The van der Waals surface area contributed by atoms with Crippen LogP contribution in [0.25, 0.3) is 0 Å². The first-order valence-corrected chi connectivity index (χ1v) is 9.14. The van der Waals surface area contributed by atoms with Crippen LogP contribution in [0.1, 0.15) is 45.6 Å². The summed E-state index contributed by atoms with van der Waals surface area (Å²) in [6.45, 7) is 9.28. The van der Waals surface area contributed by atoms with Gasteiger partial charge in [-0.05, 0) is 83.6 Å². The average molecular weight is 353 g/mol. The molecule has 3 unspecified atom stereocenters. The van der Waals surface area contributed by atoms with Gasteiger partial charge in [0.15, 0.2) is 0 Å². The Morgan fingerprint density at radius 1 is 1.29 bits per heavy atom. The van der Waals surface area contributed by atoms with Crippen LogP contribution in [-0.4, -0.2) is 18.1 Å². The lowest BCUT2D eigenvalue weighted by Crippen LogP contribution is -2.35. The van der Waals surface area contributed by atoms with Gasteiger partial charge in [0.25, 0.3) is 0 Å². The third-order valence-corrected chi connectivity index (χ3v) is 5.05. The molecular weight excluding hydrogens is 324 g/mol. The molecule has 0 aliphatic heterocycles. The van der Waals surface area contributed by atoms with Crippen molar-refractivity contribution in [2.75, 3.05) is 13.1 Å². The monoisotopic (exact) mass is 352 g/mol. The molecule has 1 N–H and O–H groups in total. The molecule has 2 nitrogen and oxygen atoms in total. The molecule has 0 bridgehead atoms. The highest BCUT2D eigenvalue weighted by molar-refractivity contribution is 9.10. The average Bonchev–Trinajstić information content (AvgIpc) is 2.41. The maximum Gasteiger partial charge on any atom is 0.0410 e. The molecule has 1 aliphatic rings. The molecule has 0 radical (unpaired) electrons. The quantitative estimate of drug-likeness (QED) is 0.803. The molecule has 1 fully saturated rings. The summed E-state index contributed by atoms with van der Waals surface area (Å²) in [5, 5.41) is 3.67. The Morgan fingerprint density at radius 3 is 2.81 bits per heavy atom. The van der Waals surface area contributed by atoms with Gasteiger partial charge in [-0.25, -0.2) is 0 Å². The van der Waals surface area contributed by atoms with Gasteiger partial charge < -0.3 is 5.32 Å². The predicted molar refractivity (Wildman–Crippen MR) is 93.3 cm³/mol. The number of nitrogens with one attached hydrogen (secondary N) is 1. The smallest absolute Gasteiger partial charge is 0.0410 e. The molecule has 3 atom stereocenters. The molecule has 1 saturated carbocycles. The van der Waals surface area contributed by atoms with Crippen LogP contribution in [0, 0.1) is 23.7 Å². The van der Waals surface area contributed by atoms with E-state index in [1.54, 1.807) is 0 Å². The Kier molecular flexibility index (Phi) is 6.69. The zero-order valence-corrected chi connectivity index (χ0v) is 15.2. The van der Waals surface area contributed by atoms with Crippen molar-refractivity contribution in [1.82, 2.24) is 10.3 Å². The minimum absolute atomic E-state index is 0.736. The minimum atomic E-state index is 0.736. The Labute approximate surface area is 138 Å². The Morgan fingerprint density at radius 2 is 2.10 bits per heavy atom. The molecule has 0 aromatic carbocycles. The summed E-state index contributed by atoms with van der Waals surface area (Å²) < 4.78 is 1.10. The van der Waals surface area contributed by atoms with E-state index in [2.05, 4.69) is 53.1 Å². The highest BCUT2D eigenvalue weighted by atomic mass is 79.9. The van der Waals surface area contributed by atoms with Crippen molar-refractivity contribution < 1.29 is 0 Å². The summed E-state index contributed by atoms with van der Waals surface area (Å²) in [5.74, 6) is 3.22. The van der Waals surface area contributed by atoms with Gasteiger partial charge in [0.2, 0.25) is 0 Å². The Balaban J connectivity index is 1.94. The number of halogens is 1. The summed E-state index contributed by atoms with van der Waals surface area (Å²) >= 11 is 3.54. The fourth-order valence-electron chi connectivity index (χ4n) is 3.51. The van der Waals surface area contributed by atoms with Crippen molar-refractivity contribution >= 4 is 15.9 Å². The van der Waals surface area contributed by atoms with E-state index < -0.39 is 0 Å². The number of rotatable bonds is 6. The summed E-state index contributed by atoms with van der Waals surface area (Å²) in [5.41, 5.74) is 1.37. The van der Waals surface area contributed by atoms with Crippen molar-refractivity contribution in [1.29, 1.82) is 0 Å². The van der Waals surface area contributed by atoms with E-state index in [0.29, 0.717) is 0 Å². The summed E-state index contributed by atoms with van der Waals surface area (Å²) in [4.78, 5) is 4.32. The zero-order valence-electron chi connectivity index (χ0n) is 13.6. The molecule has 21 heavy (non-hydrogen) atoms. The van der Waals surface area contributed by atoms with Crippen molar-refractivity contribution in [3.05, 3.63) is 28.5 Å². The molecule has 0 saturated heterocycles. The summed E-state index contributed by atoms with van der Waals surface area (Å²) in [6.07, 6.45) is 9.20. The van der Waals surface area contributed by atoms with Crippen LogP contribution < -0.4 is 5.32 Å². The van der Waals surface area contributed by atoms with Crippen LogP contribution in [0.15, 0.2) is 22.9 Å². The summed E-state index contributed by atoms with van der Waals surface area (Å²) in [7, 11) is 0. The molecule has 3 heteroatoms. The Hall–Kier alpha value is -0.410. The van der Waals surface area contributed by atoms with E-state index in [-0.39, 0.29) is 0 Å². The third-order valence-electron chi connectivity index (χ3n) is 4.62. The first-order chi connectivity index (χ1) is 10.0. The maximum atomic E-state index is 4.32. The lowest BCUT2D eigenvalue weighted by molar-refractivity contribution is 0.182. The van der Waals surface area contributed by atoms with Crippen LogP contribution >= 0.6 is 15.9 Å². The van der Waals surface area contributed by atoms with Gasteiger partial charge >= 0.3 is 0 Å². The topological polar surface area (TPSA) is 24.9 Å². The van der Waals surface area contributed by atoms with E-state index in [1.165, 1.54) is 37.8 Å². The molecule has 1 aromatic rings. The van der Waals surface area contributed by atoms with Crippen LogP contribution in [0.3, 0.4) is 0 Å². The first kappa shape index (κ1) is 17.0. The molecule has 0 spiro atoms. The molecular formula is C18H29BrN2. The fourth-order valence-corrected chi connectivity index (χ4v) is 3.92. The first-order valence-electron chi connectivity index (χ1n) is 8.34. The van der Waals surface area contributed by atoms with Crippen molar-refractivity contribution in [2.45, 2.75) is 46.5 Å². The fraction of sp³-hybridized carbons (Fsp3) is 0.722. The van der Waals surface area contributed by atoms with Crippen LogP contribution in [0.5, 0.6) is 0 Å². The molecule has 1 aromatic heterocycles. The molecule has 1 heterocycles. The molecule has 2 rings (SSSR count). The normalized spacial score (nSPS) is 26.2. The zero-order chi connectivity index (χ0) is 15.2. The van der Waals surface area contributed by atoms with Gasteiger partial charge in [0.1, 0.15) is 0 Å². The largest absolute Gasteiger partial charge is 0.316 e. The van der Waals surface area contributed by atoms with E-state index in [0.717, 1.165) is 34.7 Å². The number of pyridine rings is 1. The molecule has 1 aliphatic carbocycles. The number of hydrogen-bond donors (Lipinski definition) is 1. The van der Waals surface area contributed by atoms with Crippen LogP contribution in [0.2, 0.25) is 0 Å². The summed E-state index contributed by atoms with van der Waals surface area (Å²) in [6, 6.07) is 2.23. The standard InChI is InChI=1S/C18H29BrN2/c1-13(2)9-20-11-16-5-4-14(3)6-17(16)7-15-8-18(19)12-21-10-15/h8,10,12-14,16-17,20H,4-7,9,11H2,1-3H3. The number of nitrogens with zero attached hydrogens (tertiary/aromatic N) is 1. The van der Waals surface area contributed by atoms with E-state index in [1.807, 2.05) is 12.4 Å².